The lowest BCUT2D eigenvalue weighted by molar-refractivity contribution is 0.206. The van der Waals surface area contributed by atoms with Crippen molar-refractivity contribution in [3.63, 3.8) is 0 Å². The first-order valence-corrected chi connectivity index (χ1v) is 6.76. The van der Waals surface area contributed by atoms with Crippen LogP contribution >= 0.6 is 0 Å². The molecule has 1 aliphatic carbocycles. The molecule has 3 heteroatoms. The molecule has 1 aliphatic rings. The average Bonchev–Trinajstić information content (AvgIpc) is 2.91. The lowest BCUT2D eigenvalue weighted by atomic mass is 9.83. The van der Waals surface area contributed by atoms with E-state index in [4.69, 9.17) is 10.5 Å². The summed E-state index contributed by atoms with van der Waals surface area (Å²) in [5.74, 6) is 0.919. The Morgan fingerprint density at radius 1 is 1.28 bits per heavy atom. The number of nitrogens with two attached hydrogens (primary N) is 1. The molecule has 1 saturated carbocycles. The Kier molecular flexibility index (Phi) is 4.25. The molecule has 2 rings (SSSR count). The minimum Gasteiger partial charge on any atom is -0.490 e. The smallest absolute Gasteiger partial charge is 0.119 e. The van der Waals surface area contributed by atoms with Gasteiger partial charge in [-0.2, -0.15) is 0 Å². The molecule has 18 heavy (non-hydrogen) atoms. The third-order valence-corrected chi connectivity index (χ3v) is 3.96. The van der Waals surface area contributed by atoms with E-state index in [0.717, 1.165) is 11.3 Å². The standard InChI is InChI=1S/C15H23NO2/c1-15(10-16,11-17)12-6-8-14(9-7-12)18-13-4-2-3-5-13/h6-9,13,17H,2-5,10-11,16H2,1H3. The fourth-order valence-corrected chi connectivity index (χ4v) is 2.41. The summed E-state index contributed by atoms with van der Waals surface area (Å²) in [5.41, 5.74) is 6.43. The Hall–Kier alpha value is -1.06. The van der Waals surface area contributed by atoms with Gasteiger partial charge in [0.25, 0.3) is 0 Å². The van der Waals surface area contributed by atoms with Gasteiger partial charge in [-0.25, -0.2) is 0 Å². The summed E-state index contributed by atoms with van der Waals surface area (Å²) in [6.45, 7) is 2.47. The molecule has 0 spiro atoms. The molecule has 0 heterocycles. The first kappa shape index (κ1) is 13.4. The summed E-state index contributed by atoms with van der Waals surface area (Å²) in [4.78, 5) is 0. The van der Waals surface area contributed by atoms with Crippen molar-refractivity contribution in [2.45, 2.75) is 44.1 Å². The van der Waals surface area contributed by atoms with Crippen molar-refractivity contribution >= 4 is 0 Å². The maximum absolute atomic E-state index is 9.43. The summed E-state index contributed by atoms with van der Waals surface area (Å²) in [5, 5.41) is 9.43. The SMILES string of the molecule is CC(CN)(CO)c1ccc(OC2CCCC2)cc1. The van der Waals surface area contributed by atoms with Crippen LogP contribution in [0.1, 0.15) is 38.2 Å². The largest absolute Gasteiger partial charge is 0.490 e. The third kappa shape index (κ3) is 2.85. The van der Waals surface area contributed by atoms with Crippen molar-refractivity contribution in [1.29, 1.82) is 0 Å². The van der Waals surface area contributed by atoms with Gasteiger partial charge in [0.05, 0.1) is 12.7 Å². The Morgan fingerprint density at radius 2 is 1.89 bits per heavy atom. The van der Waals surface area contributed by atoms with E-state index < -0.39 is 0 Å². The van der Waals surface area contributed by atoms with E-state index in [1.54, 1.807) is 0 Å². The van der Waals surface area contributed by atoms with Gasteiger partial charge in [-0.05, 0) is 43.4 Å². The average molecular weight is 249 g/mol. The molecule has 0 aliphatic heterocycles. The second kappa shape index (κ2) is 5.72. The molecule has 3 N–H and O–H groups in total. The topological polar surface area (TPSA) is 55.5 Å². The highest BCUT2D eigenvalue weighted by Crippen LogP contribution is 2.27. The molecule has 1 unspecified atom stereocenters. The molecular weight excluding hydrogens is 226 g/mol. The highest BCUT2D eigenvalue weighted by atomic mass is 16.5. The van der Waals surface area contributed by atoms with Crippen molar-refractivity contribution in [2.75, 3.05) is 13.2 Å². The normalized spacial score (nSPS) is 19.7. The summed E-state index contributed by atoms with van der Waals surface area (Å²) >= 11 is 0. The maximum Gasteiger partial charge on any atom is 0.119 e. The minimum absolute atomic E-state index is 0.0618. The van der Waals surface area contributed by atoms with Crippen molar-refractivity contribution < 1.29 is 9.84 Å². The van der Waals surface area contributed by atoms with Crippen LogP contribution in [0, 0.1) is 0 Å². The molecule has 0 amide bonds. The van der Waals surface area contributed by atoms with E-state index in [0.29, 0.717) is 12.6 Å². The van der Waals surface area contributed by atoms with Gasteiger partial charge in [-0.15, -0.1) is 0 Å². The van der Waals surface area contributed by atoms with Gasteiger partial charge >= 0.3 is 0 Å². The Bertz CT molecular complexity index is 365. The molecular formula is C15H23NO2. The van der Waals surface area contributed by atoms with E-state index in [-0.39, 0.29) is 12.0 Å². The van der Waals surface area contributed by atoms with Crippen LogP contribution in [-0.2, 0) is 5.41 Å². The molecule has 100 valence electrons. The van der Waals surface area contributed by atoms with E-state index in [2.05, 4.69) is 0 Å². The van der Waals surface area contributed by atoms with Crippen molar-refractivity contribution in [3.05, 3.63) is 29.8 Å². The minimum atomic E-state index is -0.355. The van der Waals surface area contributed by atoms with Gasteiger partial charge in [0, 0.05) is 12.0 Å². The van der Waals surface area contributed by atoms with Crippen LogP contribution in [0.15, 0.2) is 24.3 Å². The van der Waals surface area contributed by atoms with Crippen LogP contribution in [-0.4, -0.2) is 24.4 Å². The third-order valence-electron chi connectivity index (χ3n) is 3.96. The molecule has 0 radical (unpaired) electrons. The second-order valence-electron chi connectivity index (χ2n) is 5.47. The highest BCUT2D eigenvalue weighted by molar-refractivity contribution is 5.32. The Balaban J connectivity index is 2.04. The summed E-state index contributed by atoms with van der Waals surface area (Å²) in [7, 11) is 0. The summed E-state index contributed by atoms with van der Waals surface area (Å²) in [6, 6.07) is 7.98. The Morgan fingerprint density at radius 3 is 2.39 bits per heavy atom. The van der Waals surface area contributed by atoms with Gasteiger partial charge in [-0.3, -0.25) is 0 Å². The van der Waals surface area contributed by atoms with Crippen molar-refractivity contribution in [1.82, 2.24) is 0 Å². The molecule has 0 saturated heterocycles. The quantitative estimate of drug-likeness (QED) is 0.841. The molecule has 1 aromatic rings. The fraction of sp³-hybridized carbons (Fsp3) is 0.600. The van der Waals surface area contributed by atoms with Crippen LogP contribution < -0.4 is 10.5 Å². The molecule has 0 aromatic heterocycles. The number of aliphatic hydroxyl groups is 1. The van der Waals surface area contributed by atoms with Crippen molar-refractivity contribution in [3.8, 4) is 5.75 Å². The van der Waals surface area contributed by atoms with Crippen LogP contribution in [0.5, 0.6) is 5.75 Å². The predicted molar refractivity (Wildman–Crippen MR) is 72.8 cm³/mol. The number of rotatable bonds is 5. The zero-order valence-corrected chi connectivity index (χ0v) is 11.1. The molecule has 1 atom stereocenters. The maximum atomic E-state index is 9.43. The van der Waals surface area contributed by atoms with Crippen molar-refractivity contribution in [2.24, 2.45) is 5.73 Å². The second-order valence-corrected chi connectivity index (χ2v) is 5.47. The number of hydrogen-bond donors (Lipinski definition) is 2. The number of aliphatic hydroxyl groups excluding tert-OH is 1. The van der Waals surface area contributed by atoms with Crippen LogP contribution in [0.25, 0.3) is 0 Å². The van der Waals surface area contributed by atoms with Gasteiger partial charge in [0.1, 0.15) is 5.75 Å². The first-order chi connectivity index (χ1) is 8.68. The van der Waals surface area contributed by atoms with Crippen LogP contribution in [0.4, 0.5) is 0 Å². The predicted octanol–water partition coefficient (Wildman–Crippen LogP) is 2.22. The number of hydrogen-bond acceptors (Lipinski definition) is 3. The van der Waals surface area contributed by atoms with E-state index in [1.807, 2.05) is 31.2 Å². The van der Waals surface area contributed by atoms with E-state index in [9.17, 15) is 5.11 Å². The summed E-state index contributed by atoms with van der Waals surface area (Å²) < 4.78 is 5.92. The van der Waals surface area contributed by atoms with E-state index in [1.165, 1.54) is 25.7 Å². The lowest BCUT2D eigenvalue weighted by Crippen LogP contribution is -2.35. The first-order valence-electron chi connectivity index (χ1n) is 6.76. The van der Waals surface area contributed by atoms with Gasteiger partial charge in [0.2, 0.25) is 0 Å². The molecule has 3 nitrogen and oxygen atoms in total. The zero-order valence-electron chi connectivity index (χ0n) is 11.1. The van der Waals surface area contributed by atoms with Gasteiger partial charge < -0.3 is 15.6 Å². The number of benzene rings is 1. The zero-order chi connectivity index (χ0) is 13.0. The molecule has 1 fully saturated rings. The van der Waals surface area contributed by atoms with E-state index >= 15 is 0 Å². The molecule has 1 aromatic carbocycles. The monoisotopic (exact) mass is 249 g/mol. The highest BCUT2D eigenvalue weighted by Gasteiger charge is 2.24. The number of ether oxygens (including phenoxy) is 1. The summed E-state index contributed by atoms with van der Waals surface area (Å²) in [6.07, 6.45) is 5.27. The Labute approximate surface area is 109 Å². The van der Waals surface area contributed by atoms with Crippen LogP contribution in [0.2, 0.25) is 0 Å². The van der Waals surface area contributed by atoms with Gasteiger partial charge in [-0.1, -0.05) is 19.1 Å². The van der Waals surface area contributed by atoms with Gasteiger partial charge in [0.15, 0.2) is 0 Å². The van der Waals surface area contributed by atoms with Crippen LogP contribution in [0.3, 0.4) is 0 Å². The molecule has 0 bridgehead atoms. The lowest BCUT2D eigenvalue weighted by Gasteiger charge is -2.26. The fourth-order valence-electron chi connectivity index (χ4n) is 2.41.